The number of benzene rings is 1. The van der Waals surface area contributed by atoms with E-state index in [0.29, 0.717) is 16.4 Å². The Kier molecular flexibility index (Phi) is 4.27. The van der Waals surface area contributed by atoms with Crippen LogP contribution in [-0.4, -0.2) is 15.5 Å². The van der Waals surface area contributed by atoms with E-state index in [4.69, 9.17) is 11.6 Å². The number of carbonyl (C=O) groups excluding carboxylic acids is 1. The topological polar surface area (TPSA) is 46.9 Å². The van der Waals surface area contributed by atoms with E-state index in [-0.39, 0.29) is 5.91 Å². The fourth-order valence-electron chi connectivity index (χ4n) is 2.03. The highest BCUT2D eigenvalue weighted by atomic mass is 35.5. The molecule has 2 heterocycles. The number of hydrogen-bond acceptors (Lipinski definition) is 3. The lowest BCUT2D eigenvalue weighted by Crippen LogP contribution is -2.22. The summed E-state index contributed by atoms with van der Waals surface area (Å²) in [6.07, 6.45) is 3.82. The highest BCUT2D eigenvalue weighted by Crippen LogP contribution is 2.21. The van der Waals surface area contributed by atoms with E-state index in [1.807, 2.05) is 60.3 Å². The van der Waals surface area contributed by atoms with E-state index >= 15 is 0 Å². The standard InChI is InChI=1S/C16H14ClN3OS/c1-11-14(22-16(19-11)20-8-2-3-9-20)15(21)18-10-12-4-6-13(17)7-5-12/h2-9H,10H2,1H3,(H,18,21). The monoisotopic (exact) mass is 331 g/mol. The number of thiazole rings is 1. The van der Waals surface area contributed by atoms with Gasteiger partial charge in [-0.3, -0.25) is 4.79 Å². The second-order valence-electron chi connectivity index (χ2n) is 4.81. The summed E-state index contributed by atoms with van der Waals surface area (Å²) in [5.41, 5.74) is 1.74. The number of nitrogens with one attached hydrogen (secondary N) is 1. The molecule has 0 aliphatic heterocycles. The van der Waals surface area contributed by atoms with Crippen LogP contribution < -0.4 is 5.32 Å². The van der Waals surface area contributed by atoms with Crippen LogP contribution in [0, 0.1) is 6.92 Å². The van der Waals surface area contributed by atoms with Crippen LogP contribution in [0.2, 0.25) is 5.02 Å². The first-order valence-corrected chi connectivity index (χ1v) is 7.96. The van der Waals surface area contributed by atoms with Gasteiger partial charge in [0, 0.05) is 24.0 Å². The van der Waals surface area contributed by atoms with Gasteiger partial charge in [0.05, 0.1) is 5.69 Å². The zero-order valence-electron chi connectivity index (χ0n) is 11.9. The number of rotatable bonds is 4. The largest absolute Gasteiger partial charge is 0.347 e. The van der Waals surface area contributed by atoms with Gasteiger partial charge in [-0.2, -0.15) is 0 Å². The highest BCUT2D eigenvalue weighted by Gasteiger charge is 2.15. The van der Waals surface area contributed by atoms with Crippen LogP contribution in [0.3, 0.4) is 0 Å². The number of aromatic nitrogens is 2. The molecule has 2 aromatic heterocycles. The van der Waals surface area contributed by atoms with E-state index in [9.17, 15) is 4.79 Å². The molecule has 0 radical (unpaired) electrons. The predicted molar refractivity (Wildman–Crippen MR) is 88.8 cm³/mol. The molecule has 0 bridgehead atoms. The summed E-state index contributed by atoms with van der Waals surface area (Å²) < 4.78 is 1.90. The number of aryl methyl sites for hydroxylation is 1. The molecule has 6 heteroatoms. The van der Waals surface area contributed by atoms with Crippen molar-refractivity contribution in [2.45, 2.75) is 13.5 Å². The molecule has 4 nitrogen and oxygen atoms in total. The molecule has 1 amide bonds. The summed E-state index contributed by atoms with van der Waals surface area (Å²) in [7, 11) is 0. The average molecular weight is 332 g/mol. The molecule has 3 aromatic rings. The molecule has 0 saturated heterocycles. The van der Waals surface area contributed by atoms with Gasteiger partial charge in [-0.25, -0.2) is 4.98 Å². The number of amides is 1. The van der Waals surface area contributed by atoms with Gasteiger partial charge in [0.25, 0.3) is 5.91 Å². The van der Waals surface area contributed by atoms with Gasteiger partial charge in [-0.15, -0.1) is 0 Å². The summed E-state index contributed by atoms with van der Waals surface area (Å²) in [6, 6.07) is 11.3. The highest BCUT2D eigenvalue weighted by molar-refractivity contribution is 7.16. The van der Waals surface area contributed by atoms with Crippen LogP contribution in [0.1, 0.15) is 20.9 Å². The van der Waals surface area contributed by atoms with Crippen molar-refractivity contribution >= 4 is 28.8 Å². The van der Waals surface area contributed by atoms with Gasteiger partial charge in [0.15, 0.2) is 5.13 Å². The molecule has 1 aromatic carbocycles. The van der Waals surface area contributed by atoms with Gasteiger partial charge >= 0.3 is 0 Å². The van der Waals surface area contributed by atoms with Crippen LogP contribution in [0.25, 0.3) is 5.13 Å². The normalized spacial score (nSPS) is 10.6. The van der Waals surface area contributed by atoms with Crippen LogP contribution in [0.5, 0.6) is 0 Å². The molecule has 0 saturated carbocycles. The molecule has 0 spiro atoms. The van der Waals surface area contributed by atoms with Gasteiger partial charge < -0.3 is 9.88 Å². The van der Waals surface area contributed by atoms with Crippen molar-refractivity contribution in [3.05, 3.63) is 69.9 Å². The molecule has 22 heavy (non-hydrogen) atoms. The second-order valence-corrected chi connectivity index (χ2v) is 6.22. The Morgan fingerprint density at radius 2 is 1.95 bits per heavy atom. The Hall–Kier alpha value is -2.11. The van der Waals surface area contributed by atoms with Crippen molar-refractivity contribution in [3.63, 3.8) is 0 Å². The third-order valence-electron chi connectivity index (χ3n) is 3.18. The quantitative estimate of drug-likeness (QED) is 0.790. The fourth-order valence-corrected chi connectivity index (χ4v) is 3.11. The van der Waals surface area contributed by atoms with Crippen molar-refractivity contribution in [3.8, 4) is 5.13 Å². The van der Waals surface area contributed by atoms with Crippen molar-refractivity contribution in [2.24, 2.45) is 0 Å². The molecule has 1 N–H and O–H groups in total. The maximum Gasteiger partial charge on any atom is 0.263 e. The van der Waals surface area contributed by atoms with Crippen molar-refractivity contribution in [2.75, 3.05) is 0 Å². The van der Waals surface area contributed by atoms with Crippen molar-refractivity contribution in [1.29, 1.82) is 0 Å². The van der Waals surface area contributed by atoms with Crippen molar-refractivity contribution in [1.82, 2.24) is 14.9 Å². The van der Waals surface area contributed by atoms with E-state index < -0.39 is 0 Å². The first-order valence-electron chi connectivity index (χ1n) is 6.77. The zero-order valence-corrected chi connectivity index (χ0v) is 13.5. The molecule has 0 fully saturated rings. The SMILES string of the molecule is Cc1nc(-n2cccc2)sc1C(=O)NCc1ccc(Cl)cc1. The summed E-state index contributed by atoms with van der Waals surface area (Å²) in [5, 5.41) is 4.39. The number of carbonyl (C=O) groups is 1. The van der Waals surface area contributed by atoms with Gasteiger partial charge in [0.2, 0.25) is 0 Å². The first kappa shape index (κ1) is 14.8. The Balaban J connectivity index is 1.71. The minimum Gasteiger partial charge on any atom is -0.347 e. The van der Waals surface area contributed by atoms with E-state index in [0.717, 1.165) is 16.4 Å². The maximum absolute atomic E-state index is 12.3. The lowest BCUT2D eigenvalue weighted by molar-refractivity contribution is 0.0954. The zero-order chi connectivity index (χ0) is 15.5. The Bertz CT molecular complexity index is 778. The van der Waals surface area contributed by atoms with Crippen LogP contribution in [0.4, 0.5) is 0 Å². The maximum atomic E-state index is 12.3. The minimum absolute atomic E-state index is 0.108. The predicted octanol–water partition coefficient (Wildman–Crippen LogP) is 3.83. The summed E-state index contributed by atoms with van der Waals surface area (Å²) in [4.78, 5) is 17.4. The second kappa shape index (κ2) is 6.34. The van der Waals surface area contributed by atoms with Crippen LogP contribution in [0.15, 0.2) is 48.8 Å². The van der Waals surface area contributed by atoms with Crippen molar-refractivity contribution < 1.29 is 4.79 Å². The van der Waals surface area contributed by atoms with Gasteiger partial charge in [-0.05, 0) is 36.8 Å². The molecule has 0 unspecified atom stereocenters. The molecule has 112 valence electrons. The number of hydrogen-bond donors (Lipinski definition) is 1. The molecule has 0 aliphatic carbocycles. The van der Waals surface area contributed by atoms with Crippen LogP contribution in [-0.2, 0) is 6.54 Å². The first-order chi connectivity index (χ1) is 10.6. The number of halogens is 1. The molecule has 0 atom stereocenters. The Morgan fingerprint density at radius 1 is 1.27 bits per heavy atom. The van der Waals surface area contributed by atoms with E-state index in [1.165, 1.54) is 11.3 Å². The van der Waals surface area contributed by atoms with E-state index in [1.54, 1.807) is 0 Å². The van der Waals surface area contributed by atoms with Crippen LogP contribution >= 0.6 is 22.9 Å². The average Bonchev–Trinajstić information content (AvgIpc) is 3.15. The summed E-state index contributed by atoms with van der Waals surface area (Å²) in [5.74, 6) is -0.108. The van der Waals surface area contributed by atoms with E-state index in [2.05, 4.69) is 10.3 Å². The minimum atomic E-state index is -0.108. The molecular weight excluding hydrogens is 318 g/mol. The third kappa shape index (κ3) is 3.21. The third-order valence-corrected chi connectivity index (χ3v) is 4.60. The summed E-state index contributed by atoms with van der Waals surface area (Å²) >= 11 is 7.23. The Labute approximate surface area is 137 Å². The van der Waals surface area contributed by atoms with Gasteiger partial charge in [-0.1, -0.05) is 35.1 Å². The smallest absolute Gasteiger partial charge is 0.263 e. The molecular formula is C16H14ClN3OS. The summed E-state index contributed by atoms with van der Waals surface area (Å²) in [6.45, 7) is 2.31. The fraction of sp³-hybridized carbons (Fsp3) is 0.125. The Morgan fingerprint density at radius 3 is 2.64 bits per heavy atom. The molecule has 0 aliphatic rings. The lowest BCUT2D eigenvalue weighted by Gasteiger charge is -2.04. The number of nitrogens with zero attached hydrogens (tertiary/aromatic N) is 2. The van der Waals surface area contributed by atoms with Gasteiger partial charge in [0.1, 0.15) is 4.88 Å². The molecule has 3 rings (SSSR count). The lowest BCUT2D eigenvalue weighted by atomic mass is 10.2.